The highest BCUT2D eigenvalue weighted by Gasteiger charge is 2.29. The number of piperazine rings is 1. The third kappa shape index (κ3) is 13.9. The normalized spacial score (nSPS) is 13.5. The molecule has 304 valence electrons. The van der Waals surface area contributed by atoms with Gasteiger partial charge in [0.1, 0.15) is 11.6 Å². The molecule has 57 heavy (non-hydrogen) atoms. The first-order chi connectivity index (χ1) is 27.4. The molecule has 1 aliphatic carbocycles. The SMILES string of the molecule is Cc1cc(Nc2cc(N3CCN(C(=O)OCC(=O)OCC(=O)OCC(=O)OCC(=O)OCC(=O)OCO)CC3)nc(Sc3ccc(NC(=O)C4CC4)cc3)n2)n[nH]1. The smallest absolute Gasteiger partial charge is 0.410 e. The van der Waals surface area contributed by atoms with Crippen molar-refractivity contribution in [2.24, 2.45) is 5.92 Å². The molecule has 0 bridgehead atoms. The third-order valence-corrected chi connectivity index (χ3v) is 8.61. The summed E-state index contributed by atoms with van der Waals surface area (Å²) in [5.41, 5.74) is 1.56. The Balaban J connectivity index is 1.04. The van der Waals surface area contributed by atoms with Gasteiger partial charge in [0.25, 0.3) is 0 Å². The fourth-order valence-electron chi connectivity index (χ4n) is 4.77. The Kier molecular flexibility index (Phi) is 14.9. The van der Waals surface area contributed by atoms with Crippen molar-refractivity contribution in [2.45, 2.75) is 29.8 Å². The molecule has 1 saturated heterocycles. The predicted molar refractivity (Wildman–Crippen MR) is 193 cm³/mol. The number of nitrogens with zero attached hydrogens (tertiary/aromatic N) is 5. The number of anilines is 4. The van der Waals surface area contributed by atoms with E-state index in [1.165, 1.54) is 16.7 Å². The number of carbonyl (C=O) groups is 7. The lowest BCUT2D eigenvalue weighted by atomic mass is 10.3. The maximum absolute atomic E-state index is 12.7. The lowest BCUT2D eigenvalue weighted by Gasteiger charge is -2.34. The first-order valence-electron chi connectivity index (χ1n) is 17.3. The number of hydrogen-bond acceptors (Lipinski definition) is 20. The van der Waals surface area contributed by atoms with Crippen molar-refractivity contribution in [3.63, 3.8) is 0 Å². The number of aliphatic hydroxyl groups excluding tert-OH is 1. The van der Waals surface area contributed by atoms with Crippen LogP contribution < -0.4 is 15.5 Å². The first kappa shape index (κ1) is 41.7. The highest BCUT2D eigenvalue weighted by atomic mass is 32.2. The monoisotopic (exact) mass is 814 g/mol. The van der Waals surface area contributed by atoms with E-state index in [9.17, 15) is 33.6 Å². The highest BCUT2D eigenvalue weighted by molar-refractivity contribution is 7.99. The van der Waals surface area contributed by atoms with Gasteiger partial charge in [0.15, 0.2) is 50.8 Å². The number of ether oxygens (including phenoxy) is 6. The zero-order chi connectivity index (χ0) is 40.7. The van der Waals surface area contributed by atoms with Crippen LogP contribution in [0.5, 0.6) is 0 Å². The number of aliphatic hydroxyl groups is 1. The average molecular weight is 815 g/mol. The second-order valence-electron chi connectivity index (χ2n) is 12.2. The molecule has 2 aliphatic rings. The first-order valence-corrected chi connectivity index (χ1v) is 18.1. The van der Waals surface area contributed by atoms with Crippen molar-refractivity contribution in [1.82, 2.24) is 25.1 Å². The molecule has 0 atom stereocenters. The van der Waals surface area contributed by atoms with E-state index in [4.69, 9.17) is 19.6 Å². The van der Waals surface area contributed by atoms with Crippen LogP contribution in [0.15, 0.2) is 46.5 Å². The summed E-state index contributed by atoms with van der Waals surface area (Å²) in [5, 5.41) is 22.1. The van der Waals surface area contributed by atoms with Crippen LogP contribution in [-0.2, 0) is 57.2 Å². The van der Waals surface area contributed by atoms with Crippen molar-refractivity contribution in [1.29, 1.82) is 0 Å². The Hall–Kier alpha value is -6.49. The van der Waals surface area contributed by atoms with E-state index in [-0.39, 0.29) is 24.9 Å². The van der Waals surface area contributed by atoms with Crippen molar-refractivity contribution in [2.75, 3.05) is 81.5 Å². The lowest BCUT2D eigenvalue weighted by Crippen LogP contribution is -2.49. The van der Waals surface area contributed by atoms with E-state index in [1.54, 1.807) is 6.07 Å². The van der Waals surface area contributed by atoms with Crippen LogP contribution in [0.3, 0.4) is 0 Å². The van der Waals surface area contributed by atoms with Crippen LogP contribution in [-0.4, -0.2) is 138 Å². The number of hydrogen-bond donors (Lipinski definition) is 4. The van der Waals surface area contributed by atoms with E-state index >= 15 is 0 Å². The van der Waals surface area contributed by atoms with E-state index in [2.05, 4.69) is 44.8 Å². The summed E-state index contributed by atoms with van der Waals surface area (Å²) in [5.74, 6) is -3.70. The number of carbonyl (C=O) groups excluding carboxylic acids is 7. The summed E-state index contributed by atoms with van der Waals surface area (Å²) in [4.78, 5) is 96.5. The van der Waals surface area contributed by atoms with Crippen LogP contribution in [0.1, 0.15) is 18.5 Å². The van der Waals surface area contributed by atoms with Gasteiger partial charge in [-0.2, -0.15) is 5.10 Å². The van der Waals surface area contributed by atoms with Crippen LogP contribution in [0.25, 0.3) is 0 Å². The second-order valence-corrected chi connectivity index (χ2v) is 13.2. The minimum Gasteiger partial charge on any atom is -0.451 e. The van der Waals surface area contributed by atoms with Gasteiger partial charge in [-0.25, -0.2) is 38.7 Å². The minimum absolute atomic E-state index is 0.0225. The summed E-state index contributed by atoms with van der Waals surface area (Å²) >= 11 is 1.33. The Morgan fingerprint density at radius 3 is 1.84 bits per heavy atom. The zero-order valence-electron chi connectivity index (χ0n) is 30.4. The predicted octanol–water partition coefficient (Wildman–Crippen LogP) is 0.676. The fourth-order valence-corrected chi connectivity index (χ4v) is 5.53. The van der Waals surface area contributed by atoms with E-state index < -0.39 is 75.8 Å². The molecule has 2 aromatic heterocycles. The summed E-state index contributed by atoms with van der Waals surface area (Å²) in [7, 11) is 0. The molecule has 5 rings (SSSR count). The Labute approximate surface area is 327 Å². The highest BCUT2D eigenvalue weighted by Crippen LogP contribution is 2.32. The molecule has 4 N–H and O–H groups in total. The van der Waals surface area contributed by atoms with Gasteiger partial charge in [-0.15, -0.1) is 0 Å². The van der Waals surface area contributed by atoms with Crippen LogP contribution in [0, 0.1) is 12.8 Å². The molecule has 0 unspecified atom stereocenters. The number of esters is 5. The molecular weight excluding hydrogens is 776 g/mol. The summed E-state index contributed by atoms with van der Waals surface area (Å²) in [6.07, 6.45) is 1.04. The van der Waals surface area contributed by atoms with Gasteiger partial charge in [-0.3, -0.25) is 9.89 Å². The van der Waals surface area contributed by atoms with E-state index in [0.717, 1.165) is 23.4 Å². The molecule has 2 amide bonds. The van der Waals surface area contributed by atoms with Crippen LogP contribution in [0.2, 0.25) is 0 Å². The van der Waals surface area contributed by atoms with Crippen molar-refractivity contribution in [3.05, 3.63) is 42.1 Å². The average Bonchev–Trinajstić information content (AvgIpc) is 3.98. The maximum atomic E-state index is 12.7. The number of H-pyrrole nitrogens is 1. The quantitative estimate of drug-likeness (QED) is 0.0594. The van der Waals surface area contributed by atoms with Gasteiger partial charge in [0.05, 0.1) is 0 Å². The van der Waals surface area contributed by atoms with Gasteiger partial charge in [0.2, 0.25) is 5.91 Å². The summed E-state index contributed by atoms with van der Waals surface area (Å²) < 4.78 is 27.4. The molecule has 0 spiro atoms. The van der Waals surface area contributed by atoms with Crippen molar-refractivity contribution in [3.8, 4) is 0 Å². The van der Waals surface area contributed by atoms with Gasteiger partial charge >= 0.3 is 35.9 Å². The molecule has 23 heteroatoms. The second kappa shape index (κ2) is 20.4. The molecule has 0 radical (unpaired) electrons. The van der Waals surface area contributed by atoms with Crippen LogP contribution in [0.4, 0.5) is 27.9 Å². The van der Waals surface area contributed by atoms with Gasteiger partial charge < -0.3 is 54.0 Å². The van der Waals surface area contributed by atoms with Crippen molar-refractivity contribution < 1.29 is 67.1 Å². The number of aromatic amines is 1. The molecule has 1 aliphatic heterocycles. The molecule has 3 heterocycles. The minimum atomic E-state index is -1.14. The topological polar surface area (TPSA) is 280 Å². The molecule has 2 fully saturated rings. The number of aromatic nitrogens is 4. The largest absolute Gasteiger partial charge is 0.451 e. The number of nitrogens with one attached hydrogen (secondary N) is 3. The Morgan fingerprint density at radius 1 is 0.754 bits per heavy atom. The number of amides is 2. The van der Waals surface area contributed by atoms with Gasteiger partial charge in [-0.1, -0.05) is 0 Å². The van der Waals surface area contributed by atoms with Gasteiger partial charge in [-0.05, 0) is 55.8 Å². The molecule has 22 nitrogen and oxygen atoms in total. The zero-order valence-corrected chi connectivity index (χ0v) is 31.2. The Bertz CT molecular complexity index is 1930. The number of benzene rings is 1. The van der Waals surface area contributed by atoms with E-state index in [1.807, 2.05) is 42.2 Å². The fraction of sp³-hybridized carbons (Fsp3) is 0.412. The van der Waals surface area contributed by atoms with Gasteiger partial charge in [0, 0.05) is 60.5 Å². The maximum Gasteiger partial charge on any atom is 0.410 e. The Morgan fingerprint density at radius 2 is 1.32 bits per heavy atom. The summed E-state index contributed by atoms with van der Waals surface area (Å²) in [6.45, 7) is -2.19. The third-order valence-electron chi connectivity index (χ3n) is 7.74. The number of aryl methyl sites for hydroxylation is 1. The molecule has 1 saturated carbocycles. The standard InChI is InChI=1S/C34H38N8O14S/c1-20-12-25(40-39-20)36-24-13-26(38-33(37-24)57-23-6-4-22(5-7-23)35-32(49)21-2-3-21)41-8-10-42(11-9-41)34(50)55-18-30(47)53-16-28(45)51-14-27(44)52-15-29(46)54-17-31(48)56-19-43/h4-7,12-13,21,43H,2-3,8-11,14-19H2,1H3,(H,35,49)(H2,36,37,38,39,40). The lowest BCUT2D eigenvalue weighted by molar-refractivity contribution is -0.171. The van der Waals surface area contributed by atoms with Crippen molar-refractivity contribution >= 4 is 76.7 Å². The van der Waals surface area contributed by atoms with Crippen LogP contribution >= 0.6 is 11.8 Å². The summed E-state index contributed by atoms with van der Waals surface area (Å²) in [6, 6.07) is 11.0. The number of rotatable bonds is 18. The molecule has 3 aromatic rings. The molecule has 1 aromatic carbocycles. The molecular formula is C34H38N8O14S. The van der Waals surface area contributed by atoms with E-state index in [0.29, 0.717) is 41.4 Å².